The Balaban J connectivity index is 1.97. The number of rotatable bonds is 5. The number of halogens is 1. The van der Waals surface area contributed by atoms with E-state index in [0.29, 0.717) is 27.5 Å². The maximum atomic E-state index is 12.1. The van der Waals surface area contributed by atoms with E-state index in [9.17, 15) is 14.7 Å². The van der Waals surface area contributed by atoms with Crippen LogP contribution in [0.15, 0.2) is 24.3 Å². The first-order chi connectivity index (χ1) is 11.3. The molecule has 0 fully saturated rings. The van der Waals surface area contributed by atoms with Gasteiger partial charge in [-0.05, 0) is 50.6 Å². The van der Waals surface area contributed by atoms with Gasteiger partial charge in [0.2, 0.25) is 0 Å². The number of amides is 1. The van der Waals surface area contributed by atoms with Gasteiger partial charge >= 0.3 is 5.97 Å². The molecule has 1 atom stereocenters. The average molecular weight is 351 g/mol. The van der Waals surface area contributed by atoms with Crippen LogP contribution in [0.25, 0.3) is 0 Å². The van der Waals surface area contributed by atoms with E-state index in [0.717, 1.165) is 0 Å². The van der Waals surface area contributed by atoms with Crippen molar-refractivity contribution in [2.24, 2.45) is 0 Å². The van der Waals surface area contributed by atoms with Crippen molar-refractivity contribution in [3.8, 4) is 0 Å². The van der Waals surface area contributed by atoms with E-state index in [4.69, 9.17) is 16.3 Å². The second-order valence-corrected chi connectivity index (χ2v) is 5.91. The summed E-state index contributed by atoms with van der Waals surface area (Å²) < 4.78 is 5.02. The first-order valence-electron chi connectivity index (χ1n) is 7.39. The van der Waals surface area contributed by atoms with Crippen molar-refractivity contribution in [2.45, 2.75) is 26.9 Å². The Bertz CT molecular complexity index is 751. The standard InChI is InChI=1S/C17H19ClN2O4/c1-9-15(11(3)21)10(2)19-16(9)17(23)24-8-14(22)20-13-6-4-12(18)5-7-13/h4-7,11,19,21H,8H2,1-3H3,(H,20,22)/t11-/m0/s1. The summed E-state index contributed by atoms with van der Waals surface area (Å²) in [6.45, 7) is 4.69. The second kappa shape index (κ2) is 7.51. The number of H-pyrrole nitrogens is 1. The SMILES string of the molecule is Cc1[nH]c(C(=O)OCC(=O)Nc2ccc(Cl)cc2)c(C)c1[C@H](C)O. The molecule has 1 aromatic heterocycles. The molecule has 0 radical (unpaired) electrons. The number of ether oxygens (including phenoxy) is 1. The van der Waals surface area contributed by atoms with Crippen LogP contribution in [0.4, 0.5) is 5.69 Å². The third-order valence-corrected chi connectivity index (χ3v) is 3.83. The van der Waals surface area contributed by atoms with Crippen molar-refractivity contribution in [1.29, 1.82) is 0 Å². The molecule has 0 aliphatic carbocycles. The predicted octanol–water partition coefficient (Wildman–Crippen LogP) is 3.13. The highest BCUT2D eigenvalue weighted by atomic mass is 35.5. The predicted molar refractivity (Wildman–Crippen MR) is 91.3 cm³/mol. The van der Waals surface area contributed by atoms with Crippen molar-refractivity contribution >= 4 is 29.2 Å². The number of aryl methyl sites for hydroxylation is 1. The van der Waals surface area contributed by atoms with Crippen LogP contribution < -0.4 is 5.32 Å². The van der Waals surface area contributed by atoms with E-state index in [1.165, 1.54) is 0 Å². The van der Waals surface area contributed by atoms with Crippen LogP contribution in [0.5, 0.6) is 0 Å². The van der Waals surface area contributed by atoms with Crippen LogP contribution in [0.2, 0.25) is 5.02 Å². The molecule has 24 heavy (non-hydrogen) atoms. The number of aromatic amines is 1. The molecule has 0 spiro atoms. The van der Waals surface area contributed by atoms with Gasteiger partial charge in [-0.25, -0.2) is 4.79 Å². The largest absolute Gasteiger partial charge is 0.451 e. The Kier molecular flexibility index (Phi) is 5.64. The van der Waals surface area contributed by atoms with Crippen molar-refractivity contribution in [3.63, 3.8) is 0 Å². The smallest absolute Gasteiger partial charge is 0.355 e. The van der Waals surface area contributed by atoms with E-state index in [-0.39, 0.29) is 5.69 Å². The molecule has 2 aromatic rings. The van der Waals surface area contributed by atoms with Crippen LogP contribution in [0.1, 0.15) is 40.3 Å². The zero-order valence-corrected chi connectivity index (χ0v) is 14.4. The van der Waals surface area contributed by atoms with Gasteiger partial charge in [-0.2, -0.15) is 0 Å². The molecular formula is C17H19ClN2O4. The summed E-state index contributed by atoms with van der Waals surface area (Å²) in [5.41, 5.74) is 2.77. The van der Waals surface area contributed by atoms with Crippen molar-refractivity contribution in [3.05, 3.63) is 51.8 Å². The summed E-state index contributed by atoms with van der Waals surface area (Å²) in [5, 5.41) is 12.9. The maximum Gasteiger partial charge on any atom is 0.355 e. The van der Waals surface area contributed by atoms with Gasteiger partial charge in [0.25, 0.3) is 5.91 Å². The molecule has 0 saturated heterocycles. The summed E-state index contributed by atoms with van der Waals surface area (Å²) >= 11 is 5.77. The maximum absolute atomic E-state index is 12.1. The van der Waals surface area contributed by atoms with E-state index in [2.05, 4.69) is 10.3 Å². The number of esters is 1. The number of hydrogen-bond donors (Lipinski definition) is 3. The summed E-state index contributed by atoms with van der Waals surface area (Å²) in [7, 11) is 0. The fraction of sp³-hybridized carbons (Fsp3) is 0.294. The van der Waals surface area contributed by atoms with Crippen molar-refractivity contribution < 1.29 is 19.4 Å². The number of hydrogen-bond acceptors (Lipinski definition) is 4. The number of benzene rings is 1. The lowest BCUT2D eigenvalue weighted by atomic mass is 10.1. The molecule has 0 unspecified atom stereocenters. The van der Waals surface area contributed by atoms with Gasteiger partial charge in [-0.15, -0.1) is 0 Å². The van der Waals surface area contributed by atoms with Gasteiger partial charge in [0.1, 0.15) is 5.69 Å². The van der Waals surface area contributed by atoms with Crippen LogP contribution in [0, 0.1) is 13.8 Å². The highest BCUT2D eigenvalue weighted by Gasteiger charge is 2.21. The third-order valence-electron chi connectivity index (χ3n) is 3.58. The van der Waals surface area contributed by atoms with Gasteiger partial charge in [-0.1, -0.05) is 11.6 Å². The highest BCUT2D eigenvalue weighted by molar-refractivity contribution is 6.30. The van der Waals surface area contributed by atoms with Crippen LogP contribution in [-0.4, -0.2) is 28.6 Å². The molecule has 128 valence electrons. The zero-order chi connectivity index (χ0) is 17.9. The minimum absolute atomic E-state index is 0.239. The number of carbonyl (C=O) groups excluding carboxylic acids is 2. The first kappa shape index (κ1) is 18.0. The molecule has 0 aliphatic heterocycles. The topological polar surface area (TPSA) is 91.4 Å². The lowest BCUT2D eigenvalue weighted by Crippen LogP contribution is -2.21. The summed E-state index contributed by atoms with van der Waals surface area (Å²) in [6, 6.07) is 6.59. The number of aromatic nitrogens is 1. The Morgan fingerprint density at radius 3 is 2.46 bits per heavy atom. The molecule has 1 aromatic carbocycles. The number of carbonyl (C=O) groups is 2. The molecule has 6 nitrogen and oxygen atoms in total. The second-order valence-electron chi connectivity index (χ2n) is 5.47. The molecule has 7 heteroatoms. The molecule has 0 bridgehead atoms. The summed E-state index contributed by atoms with van der Waals surface area (Å²) in [4.78, 5) is 26.8. The molecule has 0 saturated carbocycles. The van der Waals surface area contributed by atoms with E-state index < -0.39 is 24.6 Å². The fourth-order valence-corrected chi connectivity index (χ4v) is 2.65. The monoisotopic (exact) mass is 350 g/mol. The average Bonchev–Trinajstić information content (AvgIpc) is 2.82. The Labute approximate surface area is 144 Å². The Hall–Kier alpha value is -2.31. The highest BCUT2D eigenvalue weighted by Crippen LogP contribution is 2.24. The van der Waals surface area contributed by atoms with Crippen molar-refractivity contribution in [2.75, 3.05) is 11.9 Å². The minimum atomic E-state index is -0.698. The van der Waals surface area contributed by atoms with E-state index >= 15 is 0 Å². The van der Waals surface area contributed by atoms with Gasteiger partial charge in [-0.3, -0.25) is 4.79 Å². The summed E-state index contributed by atoms with van der Waals surface area (Å²) in [5.74, 6) is -1.10. The lowest BCUT2D eigenvalue weighted by Gasteiger charge is -2.07. The van der Waals surface area contributed by atoms with E-state index in [1.54, 1.807) is 45.0 Å². The third kappa shape index (κ3) is 4.15. The van der Waals surface area contributed by atoms with Crippen molar-refractivity contribution in [1.82, 2.24) is 4.98 Å². The molecule has 3 N–H and O–H groups in total. The van der Waals surface area contributed by atoms with Gasteiger partial charge < -0.3 is 20.1 Å². The van der Waals surface area contributed by atoms with Crippen LogP contribution in [0.3, 0.4) is 0 Å². The number of aliphatic hydroxyl groups excluding tert-OH is 1. The Morgan fingerprint density at radius 1 is 1.29 bits per heavy atom. The first-order valence-corrected chi connectivity index (χ1v) is 7.77. The fourth-order valence-electron chi connectivity index (χ4n) is 2.53. The molecular weight excluding hydrogens is 332 g/mol. The van der Waals surface area contributed by atoms with Gasteiger partial charge in [0, 0.05) is 22.0 Å². The molecule has 2 rings (SSSR count). The van der Waals surface area contributed by atoms with Gasteiger partial charge in [0.05, 0.1) is 6.10 Å². The zero-order valence-electron chi connectivity index (χ0n) is 13.6. The lowest BCUT2D eigenvalue weighted by molar-refractivity contribution is -0.119. The van der Waals surface area contributed by atoms with Gasteiger partial charge in [0.15, 0.2) is 6.61 Å². The number of aliphatic hydroxyl groups is 1. The summed E-state index contributed by atoms with van der Waals surface area (Å²) in [6.07, 6.45) is -0.698. The Morgan fingerprint density at radius 2 is 1.92 bits per heavy atom. The number of anilines is 1. The quantitative estimate of drug-likeness (QED) is 0.722. The minimum Gasteiger partial charge on any atom is -0.451 e. The van der Waals surface area contributed by atoms with Crippen LogP contribution in [-0.2, 0) is 9.53 Å². The molecule has 0 aliphatic rings. The van der Waals surface area contributed by atoms with E-state index in [1.807, 2.05) is 0 Å². The number of nitrogens with one attached hydrogen (secondary N) is 2. The van der Waals surface area contributed by atoms with Crippen LogP contribution >= 0.6 is 11.6 Å². The molecule has 1 heterocycles. The molecule has 1 amide bonds. The normalized spacial score (nSPS) is 11.9.